The number of nitrogens with zero attached hydrogens (tertiary/aromatic N) is 5. The van der Waals surface area contributed by atoms with Crippen molar-refractivity contribution in [3.8, 4) is 11.5 Å². The van der Waals surface area contributed by atoms with Crippen LogP contribution in [0, 0.1) is 5.92 Å². The lowest BCUT2D eigenvalue weighted by atomic mass is 10.0. The van der Waals surface area contributed by atoms with Crippen LogP contribution in [0.2, 0.25) is 0 Å². The molecule has 1 atom stereocenters. The molecule has 1 fully saturated rings. The van der Waals surface area contributed by atoms with Crippen LogP contribution in [0.1, 0.15) is 12.1 Å². The molecule has 0 saturated carbocycles. The first kappa shape index (κ1) is 16.0. The summed E-state index contributed by atoms with van der Waals surface area (Å²) in [6.45, 7) is 1.09. The second-order valence-electron chi connectivity index (χ2n) is 5.84. The summed E-state index contributed by atoms with van der Waals surface area (Å²) >= 11 is 0. The van der Waals surface area contributed by atoms with Crippen molar-refractivity contribution in [1.29, 1.82) is 0 Å². The van der Waals surface area contributed by atoms with Gasteiger partial charge in [0.15, 0.2) is 5.82 Å². The molecule has 2 aromatic rings. The lowest BCUT2D eigenvalue weighted by Gasteiger charge is -2.20. The van der Waals surface area contributed by atoms with E-state index in [-0.39, 0.29) is 5.92 Å². The summed E-state index contributed by atoms with van der Waals surface area (Å²) in [5.74, 6) is 0.960. The topological polar surface area (TPSA) is 95.1 Å². The van der Waals surface area contributed by atoms with E-state index in [4.69, 9.17) is 0 Å². The first-order valence-electron chi connectivity index (χ1n) is 7.45. The number of nitrogens with one attached hydrogen (secondary N) is 1. The molecule has 1 unspecified atom stereocenters. The molecule has 1 aliphatic heterocycles. The molecule has 23 heavy (non-hydrogen) atoms. The molecule has 0 aromatic carbocycles. The van der Waals surface area contributed by atoms with Crippen molar-refractivity contribution in [1.82, 2.24) is 28.5 Å². The van der Waals surface area contributed by atoms with Crippen molar-refractivity contribution in [3.63, 3.8) is 0 Å². The molecule has 3 rings (SSSR count). The molecule has 2 aromatic heterocycles. The Hall–Kier alpha value is -1.84. The fourth-order valence-corrected chi connectivity index (χ4v) is 3.89. The molecule has 0 amide bonds. The van der Waals surface area contributed by atoms with Crippen molar-refractivity contribution in [3.05, 3.63) is 30.5 Å². The Labute approximate surface area is 135 Å². The van der Waals surface area contributed by atoms with E-state index in [9.17, 15) is 8.42 Å². The van der Waals surface area contributed by atoms with Gasteiger partial charge in [-0.1, -0.05) is 0 Å². The molecule has 0 spiro atoms. The van der Waals surface area contributed by atoms with Gasteiger partial charge in [-0.3, -0.25) is 4.98 Å². The number of hydrogen-bond donors (Lipinski definition) is 1. The molecule has 1 N–H and O–H groups in total. The summed E-state index contributed by atoms with van der Waals surface area (Å²) in [6, 6.07) is 0. The number of aromatic amines is 1. The lowest BCUT2D eigenvalue weighted by molar-refractivity contribution is 0.409. The van der Waals surface area contributed by atoms with Crippen LogP contribution < -0.4 is 0 Å². The number of hydrogen-bond acceptors (Lipinski definition) is 5. The van der Waals surface area contributed by atoms with E-state index in [1.54, 1.807) is 38.9 Å². The Morgan fingerprint density at radius 2 is 2.13 bits per heavy atom. The van der Waals surface area contributed by atoms with Crippen LogP contribution in [0.15, 0.2) is 24.8 Å². The van der Waals surface area contributed by atoms with Crippen LogP contribution in [-0.4, -0.2) is 64.1 Å². The average molecular weight is 336 g/mol. The third kappa shape index (κ3) is 3.41. The van der Waals surface area contributed by atoms with E-state index < -0.39 is 10.2 Å². The van der Waals surface area contributed by atoms with Gasteiger partial charge in [0.05, 0.1) is 11.9 Å². The van der Waals surface area contributed by atoms with Crippen LogP contribution in [0.5, 0.6) is 0 Å². The number of aromatic nitrogens is 4. The number of H-pyrrole nitrogens is 1. The van der Waals surface area contributed by atoms with E-state index in [0.717, 1.165) is 18.5 Å². The zero-order valence-electron chi connectivity index (χ0n) is 13.2. The highest BCUT2D eigenvalue weighted by atomic mass is 32.2. The second-order valence-corrected chi connectivity index (χ2v) is 7.98. The SMILES string of the molecule is CN(C)S(=O)(=O)N1CCC(Cc2cnc(-c3ncc[nH]3)cn2)C1. The second kappa shape index (κ2) is 6.34. The molecule has 1 saturated heterocycles. The van der Waals surface area contributed by atoms with E-state index >= 15 is 0 Å². The van der Waals surface area contributed by atoms with Gasteiger partial charge in [0.2, 0.25) is 0 Å². The van der Waals surface area contributed by atoms with Gasteiger partial charge < -0.3 is 4.98 Å². The standard InChI is InChI=1S/C14H20N6O2S/c1-19(2)23(21,22)20-6-3-11(10-20)7-12-8-18-13(9-17-12)14-15-4-5-16-14/h4-5,8-9,11H,3,6-7,10H2,1-2H3,(H,15,16). The zero-order valence-corrected chi connectivity index (χ0v) is 14.0. The van der Waals surface area contributed by atoms with Gasteiger partial charge in [-0.05, 0) is 18.8 Å². The average Bonchev–Trinajstić information content (AvgIpc) is 3.19. The largest absolute Gasteiger partial charge is 0.343 e. The molecule has 0 aliphatic carbocycles. The monoisotopic (exact) mass is 336 g/mol. The highest BCUT2D eigenvalue weighted by molar-refractivity contribution is 7.86. The Kier molecular flexibility index (Phi) is 4.42. The van der Waals surface area contributed by atoms with Gasteiger partial charge in [0, 0.05) is 45.8 Å². The number of imidazole rings is 1. The van der Waals surface area contributed by atoms with E-state index in [1.807, 2.05) is 0 Å². The maximum absolute atomic E-state index is 12.1. The minimum Gasteiger partial charge on any atom is -0.343 e. The van der Waals surface area contributed by atoms with E-state index in [0.29, 0.717) is 24.6 Å². The summed E-state index contributed by atoms with van der Waals surface area (Å²) in [6.07, 6.45) is 8.41. The number of rotatable bonds is 5. The van der Waals surface area contributed by atoms with Crippen molar-refractivity contribution in [2.45, 2.75) is 12.8 Å². The van der Waals surface area contributed by atoms with Crippen LogP contribution in [0.4, 0.5) is 0 Å². The minimum absolute atomic E-state index is 0.272. The smallest absolute Gasteiger partial charge is 0.281 e. The highest BCUT2D eigenvalue weighted by Crippen LogP contribution is 2.23. The molecule has 3 heterocycles. The van der Waals surface area contributed by atoms with Gasteiger partial charge in [-0.25, -0.2) is 9.97 Å². The maximum Gasteiger partial charge on any atom is 0.281 e. The minimum atomic E-state index is -3.32. The summed E-state index contributed by atoms with van der Waals surface area (Å²) in [5.41, 5.74) is 1.57. The predicted octanol–water partition coefficient (Wildman–Crippen LogP) is 0.537. The molecule has 9 heteroatoms. The fourth-order valence-electron chi connectivity index (χ4n) is 2.69. The van der Waals surface area contributed by atoms with Crippen molar-refractivity contribution < 1.29 is 8.42 Å². The molecular weight excluding hydrogens is 316 g/mol. The summed E-state index contributed by atoms with van der Waals surface area (Å²) < 4.78 is 27.0. The van der Waals surface area contributed by atoms with Crippen LogP contribution >= 0.6 is 0 Å². The molecule has 0 bridgehead atoms. The van der Waals surface area contributed by atoms with Gasteiger partial charge in [0.1, 0.15) is 5.69 Å². The normalized spacial score (nSPS) is 19.5. The summed E-state index contributed by atoms with van der Waals surface area (Å²) in [4.78, 5) is 15.9. The Bertz CT molecular complexity index is 742. The van der Waals surface area contributed by atoms with Crippen LogP contribution in [0.25, 0.3) is 11.5 Å². The quantitative estimate of drug-likeness (QED) is 0.860. The van der Waals surface area contributed by atoms with E-state index in [1.165, 1.54) is 8.61 Å². The first-order valence-corrected chi connectivity index (χ1v) is 8.85. The van der Waals surface area contributed by atoms with Crippen LogP contribution in [-0.2, 0) is 16.6 Å². The molecule has 8 nitrogen and oxygen atoms in total. The third-order valence-corrected chi connectivity index (χ3v) is 5.89. The van der Waals surface area contributed by atoms with Crippen molar-refractivity contribution in [2.75, 3.05) is 27.2 Å². The van der Waals surface area contributed by atoms with Crippen molar-refractivity contribution >= 4 is 10.2 Å². The summed E-state index contributed by atoms with van der Waals surface area (Å²) in [7, 11) is -0.206. The summed E-state index contributed by atoms with van der Waals surface area (Å²) in [5, 5.41) is 0. The van der Waals surface area contributed by atoms with Crippen molar-refractivity contribution in [2.24, 2.45) is 5.92 Å². The molecular formula is C14H20N6O2S. The van der Waals surface area contributed by atoms with Gasteiger partial charge in [-0.2, -0.15) is 17.0 Å². The van der Waals surface area contributed by atoms with E-state index in [2.05, 4.69) is 19.9 Å². The van der Waals surface area contributed by atoms with Gasteiger partial charge >= 0.3 is 0 Å². The molecule has 1 aliphatic rings. The van der Waals surface area contributed by atoms with Gasteiger partial charge in [-0.15, -0.1) is 0 Å². The van der Waals surface area contributed by atoms with Gasteiger partial charge in [0.25, 0.3) is 10.2 Å². The predicted molar refractivity (Wildman–Crippen MR) is 85.6 cm³/mol. The molecule has 124 valence electrons. The van der Waals surface area contributed by atoms with Crippen LogP contribution in [0.3, 0.4) is 0 Å². The zero-order chi connectivity index (χ0) is 16.4. The molecule has 0 radical (unpaired) electrons. The Balaban J connectivity index is 1.63. The maximum atomic E-state index is 12.1. The Morgan fingerprint density at radius 3 is 2.74 bits per heavy atom. The lowest BCUT2D eigenvalue weighted by Crippen LogP contribution is -2.38. The highest BCUT2D eigenvalue weighted by Gasteiger charge is 2.32. The first-order chi connectivity index (χ1) is 11.0. The fraction of sp³-hybridized carbons (Fsp3) is 0.500. The third-order valence-electron chi connectivity index (χ3n) is 3.98. The Morgan fingerprint density at radius 1 is 1.30 bits per heavy atom.